The SMILES string of the molecule is COc1cc(C(C)NC(=O)C2CCN(c3ccc(Cl)cc3)C2=O)ccc1OC(C)C. The molecule has 7 heteroatoms. The molecule has 0 aliphatic carbocycles. The molecule has 30 heavy (non-hydrogen) atoms. The highest BCUT2D eigenvalue weighted by atomic mass is 35.5. The number of halogens is 1. The van der Waals surface area contributed by atoms with Crippen LogP contribution in [0.5, 0.6) is 11.5 Å². The first kappa shape index (κ1) is 22.0. The average molecular weight is 431 g/mol. The number of methoxy groups -OCH3 is 1. The number of benzene rings is 2. The molecule has 0 bridgehead atoms. The zero-order valence-electron chi connectivity index (χ0n) is 17.6. The summed E-state index contributed by atoms with van der Waals surface area (Å²) in [5, 5.41) is 3.56. The van der Waals surface area contributed by atoms with Gasteiger partial charge in [-0.3, -0.25) is 9.59 Å². The molecule has 160 valence electrons. The van der Waals surface area contributed by atoms with E-state index in [4.69, 9.17) is 21.1 Å². The Balaban J connectivity index is 1.67. The normalized spacial score (nSPS) is 17.2. The summed E-state index contributed by atoms with van der Waals surface area (Å²) in [7, 11) is 1.58. The smallest absolute Gasteiger partial charge is 0.239 e. The summed E-state index contributed by atoms with van der Waals surface area (Å²) in [6.45, 7) is 6.28. The standard InChI is InChI=1S/C23H27ClN2O4/c1-14(2)30-20-10-5-16(13-21(20)29-4)15(3)25-22(27)19-11-12-26(23(19)28)18-8-6-17(24)7-9-18/h5-10,13-15,19H,11-12H2,1-4H3,(H,25,27). The molecule has 1 aliphatic heterocycles. The summed E-state index contributed by atoms with van der Waals surface area (Å²) in [5.41, 5.74) is 1.62. The zero-order chi connectivity index (χ0) is 21.8. The highest BCUT2D eigenvalue weighted by Gasteiger charge is 2.38. The molecule has 0 radical (unpaired) electrons. The van der Waals surface area contributed by atoms with Gasteiger partial charge in [0.1, 0.15) is 5.92 Å². The third-order valence-corrected chi connectivity index (χ3v) is 5.32. The molecule has 2 aromatic carbocycles. The van der Waals surface area contributed by atoms with Gasteiger partial charge in [-0.15, -0.1) is 0 Å². The van der Waals surface area contributed by atoms with Crippen LogP contribution in [0.25, 0.3) is 0 Å². The molecule has 1 heterocycles. The molecular formula is C23H27ClN2O4. The number of nitrogens with zero attached hydrogens (tertiary/aromatic N) is 1. The Bertz CT molecular complexity index is 914. The quantitative estimate of drug-likeness (QED) is 0.662. The summed E-state index contributed by atoms with van der Waals surface area (Å²) in [4.78, 5) is 27.2. The highest BCUT2D eigenvalue weighted by molar-refractivity contribution is 6.30. The predicted octanol–water partition coefficient (Wildman–Crippen LogP) is 4.37. The third kappa shape index (κ3) is 4.87. The molecule has 2 unspecified atom stereocenters. The fourth-order valence-corrected chi connectivity index (χ4v) is 3.63. The minimum atomic E-state index is -0.700. The maximum absolute atomic E-state index is 12.8. The second-order valence-electron chi connectivity index (χ2n) is 7.61. The monoisotopic (exact) mass is 430 g/mol. The van der Waals surface area contributed by atoms with Crippen molar-refractivity contribution in [1.29, 1.82) is 0 Å². The zero-order valence-corrected chi connectivity index (χ0v) is 18.4. The number of rotatable bonds is 7. The topological polar surface area (TPSA) is 67.9 Å². The predicted molar refractivity (Wildman–Crippen MR) is 117 cm³/mol. The number of hydrogen-bond acceptors (Lipinski definition) is 4. The van der Waals surface area contributed by atoms with Crippen LogP contribution in [0.15, 0.2) is 42.5 Å². The summed E-state index contributed by atoms with van der Waals surface area (Å²) in [6, 6.07) is 12.3. The number of anilines is 1. The van der Waals surface area contributed by atoms with Gasteiger partial charge in [0, 0.05) is 17.3 Å². The minimum Gasteiger partial charge on any atom is -0.493 e. The summed E-state index contributed by atoms with van der Waals surface area (Å²) in [5.74, 6) is 0.0896. The Morgan fingerprint density at radius 3 is 2.47 bits per heavy atom. The van der Waals surface area contributed by atoms with Crippen LogP contribution in [0.1, 0.15) is 38.8 Å². The number of ether oxygens (including phenoxy) is 2. The lowest BCUT2D eigenvalue weighted by molar-refractivity contribution is -0.132. The van der Waals surface area contributed by atoms with Gasteiger partial charge in [-0.2, -0.15) is 0 Å². The summed E-state index contributed by atoms with van der Waals surface area (Å²) < 4.78 is 11.2. The van der Waals surface area contributed by atoms with E-state index in [0.717, 1.165) is 11.3 Å². The van der Waals surface area contributed by atoms with Crippen LogP contribution in [-0.4, -0.2) is 31.6 Å². The van der Waals surface area contributed by atoms with Crippen LogP contribution < -0.4 is 19.7 Å². The minimum absolute atomic E-state index is 0.0267. The van der Waals surface area contributed by atoms with Gasteiger partial charge >= 0.3 is 0 Å². The van der Waals surface area contributed by atoms with Crippen molar-refractivity contribution in [3.63, 3.8) is 0 Å². The van der Waals surface area contributed by atoms with Gasteiger partial charge in [-0.1, -0.05) is 17.7 Å². The van der Waals surface area contributed by atoms with E-state index in [1.165, 1.54) is 0 Å². The number of nitrogens with one attached hydrogen (secondary N) is 1. The van der Waals surface area contributed by atoms with E-state index in [0.29, 0.717) is 29.5 Å². The molecule has 0 saturated carbocycles. The Kier molecular flexibility index (Phi) is 6.87. The molecule has 1 aliphatic rings. The van der Waals surface area contributed by atoms with Gasteiger partial charge in [0.05, 0.1) is 19.3 Å². The van der Waals surface area contributed by atoms with Gasteiger partial charge in [0.25, 0.3) is 0 Å². The van der Waals surface area contributed by atoms with Crippen molar-refractivity contribution in [2.45, 2.75) is 39.3 Å². The van der Waals surface area contributed by atoms with Gasteiger partial charge < -0.3 is 19.7 Å². The van der Waals surface area contributed by atoms with Crippen molar-refractivity contribution in [3.05, 3.63) is 53.1 Å². The van der Waals surface area contributed by atoms with E-state index in [9.17, 15) is 9.59 Å². The Hall–Kier alpha value is -2.73. The van der Waals surface area contributed by atoms with Crippen molar-refractivity contribution in [2.75, 3.05) is 18.6 Å². The molecule has 2 amide bonds. The number of carbonyl (C=O) groups excluding carboxylic acids is 2. The lowest BCUT2D eigenvalue weighted by Gasteiger charge is -2.20. The largest absolute Gasteiger partial charge is 0.493 e. The number of hydrogen-bond donors (Lipinski definition) is 1. The molecule has 1 fully saturated rings. The second-order valence-corrected chi connectivity index (χ2v) is 8.05. The first-order chi connectivity index (χ1) is 14.3. The highest BCUT2D eigenvalue weighted by Crippen LogP contribution is 2.32. The van der Waals surface area contributed by atoms with Crippen LogP contribution in [0.4, 0.5) is 5.69 Å². The van der Waals surface area contributed by atoms with Gasteiger partial charge in [-0.05, 0) is 69.2 Å². The van der Waals surface area contributed by atoms with E-state index in [1.807, 2.05) is 39.0 Å². The average Bonchev–Trinajstić information content (AvgIpc) is 3.09. The van der Waals surface area contributed by atoms with Crippen molar-refractivity contribution in [2.24, 2.45) is 5.92 Å². The maximum atomic E-state index is 12.8. The van der Waals surface area contributed by atoms with E-state index in [2.05, 4.69) is 5.32 Å². The van der Waals surface area contributed by atoms with E-state index in [-0.39, 0.29) is 24.0 Å². The lowest BCUT2D eigenvalue weighted by Crippen LogP contribution is -2.38. The van der Waals surface area contributed by atoms with Crippen LogP contribution in [0.2, 0.25) is 5.02 Å². The molecule has 3 rings (SSSR count). The first-order valence-corrected chi connectivity index (χ1v) is 10.4. The Morgan fingerprint density at radius 1 is 1.13 bits per heavy atom. The molecule has 6 nitrogen and oxygen atoms in total. The first-order valence-electron chi connectivity index (χ1n) is 10.0. The third-order valence-electron chi connectivity index (χ3n) is 5.07. The van der Waals surface area contributed by atoms with Crippen LogP contribution in [0.3, 0.4) is 0 Å². The molecule has 0 spiro atoms. The maximum Gasteiger partial charge on any atom is 0.239 e. The van der Waals surface area contributed by atoms with Crippen LogP contribution in [-0.2, 0) is 9.59 Å². The second kappa shape index (κ2) is 9.39. The molecule has 0 aromatic heterocycles. The fourth-order valence-electron chi connectivity index (χ4n) is 3.50. The van der Waals surface area contributed by atoms with Crippen LogP contribution in [0, 0.1) is 5.92 Å². The van der Waals surface area contributed by atoms with Gasteiger partial charge in [0.15, 0.2) is 11.5 Å². The van der Waals surface area contributed by atoms with Gasteiger partial charge in [-0.25, -0.2) is 0 Å². The lowest BCUT2D eigenvalue weighted by atomic mass is 10.0. The van der Waals surface area contributed by atoms with Crippen LogP contribution >= 0.6 is 11.6 Å². The van der Waals surface area contributed by atoms with Crippen molar-refractivity contribution >= 4 is 29.1 Å². The fraction of sp³-hybridized carbons (Fsp3) is 0.391. The van der Waals surface area contributed by atoms with Crippen molar-refractivity contribution in [1.82, 2.24) is 5.32 Å². The number of amides is 2. The van der Waals surface area contributed by atoms with E-state index in [1.54, 1.807) is 36.3 Å². The number of carbonyl (C=O) groups is 2. The summed E-state index contributed by atoms with van der Waals surface area (Å²) in [6.07, 6.45) is 0.503. The molecule has 1 N–H and O–H groups in total. The van der Waals surface area contributed by atoms with E-state index >= 15 is 0 Å². The van der Waals surface area contributed by atoms with Crippen molar-refractivity contribution < 1.29 is 19.1 Å². The molecule has 2 atom stereocenters. The Labute approximate surface area is 182 Å². The molecular weight excluding hydrogens is 404 g/mol. The Morgan fingerprint density at radius 2 is 1.83 bits per heavy atom. The van der Waals surface area contributed by atoms with Crippen molar-refractivity contribution in [3.8, 4) is 11.5 Å². The molecule has 1 saturated heterocycles. The van der Waals surface area contributed by atoms with Gasteiger partial charge in [0.2, 0.25) is 11.8 Å². The summed E-state index contributed by atoms with van der Waals surface area (Å²) >= 11 is 5.92. The molecule has 2 aromatic rings. The van der Waals surface area contributed by atoms with E-state index < -0.39 is 5.92 Å².